The van der Waals surface area contributed by atoms with Crippen molar-refractivity contribution in [1.29, 1.82) is 0 Å². The average Bonchev–Trinajstić information content (AvgIpc) is 3.40. The van der Waals surface area contributed by atoms with Crippen LogP contribution >= 0.6 is 24.0 Å². The number of ether oxygens (including phenoxy) is 2. The average molecular weight is 513 g/mol. The molecule has 1 unspecified atom stereocenters. The number of rotatable bonds is 10. The van der Waals surface area contributed by atoms with E-state index in [1.54, 1.807) is 6.20 Å². The van der Waals surface area contributed by atoms with Gasteiger partial charge < -0.3 is 20.1 Å². The molecular weight excluding hydrogens is 481 g/mol. The van der Waals surface area contributed by atoms with E-state index < -0.39 is 0 Å². The van der Waals surface area contributed by atoms with E-state index in [1.165, 1.54) is 11.1 Å². The summed E-state index contributed by atoms with van der Waals surface area (Å²) >= 11 is 0. The molecule has 1 aliphatic heterocycles. The second-order valence-electron chi connectivity index (χ2n) is 6.86. The van der Waals surface area contributed by atoms with E-state index in [0.29, 0.717) is 6.54 Å². The van der Waals surface area contributed by atoms with Crippen molar-refractivity contribution in [2.45, 2.75) is 39.0 Å². The molecule has 1 aliphatic rings. The lowest BCUT2D eigenvalue weighted by Crippen LogP contribution is -2.38. The van der Waals surface area contributed by atoms with Crippen LogP contribution in [0.3, 0.4) is 0 Å². The number of hydrogen-bond acceptors (Lipinski definition) is 4. The Morgan fingerprint density at radius 2 is 2.21 bits per heavy atom. The number of aromatic nitrogens is 2. The number of guanidine groups is 1. The molecule has 29 heavy (non-hydrogen) atoms. The quantitative estimate of drug-likeness (QED) is 0.221. The van der Waals surface area contributed by atoms with Crippen LogP contribution in [0.1, 0.15) is 30.9 Å². The Labute approximate surface area is 190 Å². The summed E-state index contributed by atoms with van der Waals surface area (Å²) < 4.78 is 13.0. The van der Waals surface area contributed by atoms with E-state index in [4.69, 9.17) is 14.5 Å². The van der Waals surface area contributed by atoms with Gasteiger partial charge >= 0.3 is 0 Å². The Bertz CT molecular complexity index is 718. The maximum Gasteiger partial charge on any atom is 0.191 e. The minimum absolute atomic E-state index is 0. The van der Waals surface area contributed by atoms with Gasteiger partial charge in [-0.15, -0.1) is 24.0 Å². The Kier molecular flexibility index (Phi) is 11.0. The van der Waals surface area contributed by atoms with Crippen molar-refractivity contribution < 1.29 is 9.47 Å². The predicted molar refractivity (Wildman–Crippen MR) is 126 cm³/mol. The summed E-state index contributed by atoms with van der Waals surface area (Å²) in [5, 5.41) is 10.9. The zero-order chi connectivity index (χ0) is 19.4. The summed E-state index contributed by atoms with van der Waals surface area (Å²) in [6.45, 7) is 7.45. The van der Waals surface area contributed by atoms with Gasteiger partial charge in [0.05, 0.1) is 25.8 Å². The zero-order valence-electron chi connectivity index (χ0n) is 17.0. The molecule has 0 saturated carbocycles. The van der Waals surface area contributed by atoms with Crippen LogP contribution in [0.15, 0.2) is 47.7 Å². The molecule has 1 atom stereocenters. The lowest BCUT2D eigenvalue weighted by molar-refractivity contribution is 0.0420. The largest absolute Gasteiger partial charge is 0.379 e. The first kappa shape index (κ1) is 23.6. The summed E-state index contributed by atoms with van der Waals surface area (Å²) in [4.78, 5) is 4.71. The lowest BCUT2D eigenvalue weighted by atomic mass is 10.1. The number of halogens is 1. The van der Waals surface area contributed by atoms with Gasteiger partial charge in [0.25, 0.3) is 0 Å². The van der Waals surface area contributed by atoms with Crippen molar-refractivity contribution in [1.82, 2.24) is 20.4 Å². The van der Waals surface area contributed by atoms with Gasteiger partial charge in [0.2, 0.25) is 0 Å². The van der Waals surface area contributed by atoms with Crippen LogP contribution in [-0.4, -0.2) is 54.8 Å². The standard InChI is InChI=1S/C21H31N5O2.HI/c1-2-22-21(23-9-5-12-28-20-8-13-27-17-20)24-15-18-6-3-7-19(14-18)16-26-11-4-10-25-26;/h3-4,6-7,10-11,14,20H,2,5,8-9,12-13,15-17H2,1H3,(H2,22,23,24);1H. The van der Waals surface area contributed by atoms with Gasteiger partial charge in [-0.3, -0.25) is 4.68 Å². The maximum atomic E-state index is 5.80. The van der Waals surface area contributed by atoms with Crippen molar-refractivity contribution in [3.8, 4) is 0 Å². The predicted octanol–water partition coefficient (Wildman–Crippen LogP) is 2.80. The minimum Gasteiger partial charge on any atom is -0.379 e. The maximum absolute atomic E-state index is 5.80. The first-order chi connectivity index (χ1) is 13.8. The minimum atomic E-state index is 0. The molecule has 0 bridgehead atoms. The molecule has 1 aromatic heterocycles. The molecule has 0 spiro atoms. The van der Waals surface area contributed by atoms with Gasteiger partial charge in [-0.2, -0.15) is 5.10 Å². The third-order valence-electron chi connectivity index (χ3n) is 4.51. The molecule has 2 aromatic rings. The highest BCUT2D eigenvalue weighted by Crippen LogP contribution is 2.09. The molecule has 1 saturated heterocycles. The van der Waals surface area contributed by atoms with Gasteiger partial charge in [-0.1, -0.05) is 24.3 Å². The van der Waals surface area contributed by atoms with Gasteiger partial charge in [0.1, 0.15) is 0 Å². The molecule has 1 fully saturated rings. The SMILES string of the molecule is CCNC(=NCc1cccc(Cn2cccn2)c1)NCCCOC1CCOC1.I. The Morgan fingerprint density at radius 3 is 2.97 bits per heavy atom. The number of aliphatic imine (C=N–C) groups is 1. The fraction of sp³-hybridized carbons (Fsp3) is 0.524. The Hall–Kier alpha value is -1.65. The normalized spacial score (nSPS) is 16.4. The molecule has 2 heterocycles. The molecule has 0 amide bonds. The third kappa shape index (κ3) is 8.71. The van der Waals surface area contributed by atoms with E-state index >= 15 is 0 Å². The highest BCUT2D eigenvalue weighted by molar-refractivity contribution is 14.0. The van der Waals surface area contributed by atoms with E-state index in [1.807, 2.05) is 16.9 Å². The molecule has 2 N–H and O–H groups in total. The first-order valence-corrected chi connectivity index (χ1v) is 10.1. The molecule has 8 heteroatoms. The van der Waals surface area contributed by atoms with Crippen LogP contribution in [0.5, 0.6) is 0 Å². The van der Waals surface area contributed by atoms with Crippen molar-refractivity contribution in [2.24, 2.45) is 4.99 Å². The second kappa shape index (κ2) is 13.6. The molecular formula is C21H32IN5O2. The Morgan fingerprint density at radius 1 is 1.31 bits per heavy atom. The number of benzene rings is 1. The van der Waals surface area contributed by atoms with Gasteiger partial charge in [0.15, 0.2) is 5.96 Å². The van der Waals surface area contributed by atoms with Crippen molar-refractivity contribution in [2.75, 3.05) is 32.9 Å². The lowest BCUT2D eigenvalue weighted by Gasteiger charge is -2.13. The molecule has 0 radical (unpaired) electrons. The summed E-state index contributed by atoms with van der Waals surface area (Å²) in [7, 11) is 0. The molecule has 160 valence electrons. The van der Waals surface area contributed by atoms with Crippen molar-refractivity contribution in [3.63, 3.8) is 0 Å². The van der Waals surface area contributed by atoms with Crippen molar-refractivity contribution in [3.05, 3.63) is 53.9 Å². The van der Waals surface area contributed by atoms with Crippen LogP contribution in [0.4, 0.5) is 0 Å². The summed E-state index contributed by atoms with van der Waals surface area (Å²) in [5.41, 5.74) is 2.41. The highest BCUT2D eigenvalue weighted by atomic mass is 127. The monoisotopic (exact) mass is 513 g/mol. The topological polar surface area (TPSA) is 72.7 Å². The van der Waals surface area contributed by atoms with E-state index in [9.17, 15) is 0 Å². The van der Waals surface area contributed by atoms with Gasteiger partial charge in [-0.05, 0) is 37.0 Å². The van der Waals surface area contributed by atoms with E-state index in [0.717, 1.165) is 58.3 Å². The number of hydrogen-bond donors (Lipinski definition) is 2. The molecule has 0 aliphatic carbocycles. The van der Waals surface area contributed by atoms with Crippen molar-refractivity contribution >= 4 is 29.9 Å². The van der Waals surface area contributed by atoms with Crippen LogP contribution in [0.25, 0.3) is 0 Å². The fourth-order valence-electron chi connectivity index (χ4n) is 3.09. The van der Waals surface area contributed by atoms with Gasteiger partial charge in [-0.25, -0.2) is 4.99 Å². The molecule has 7 nitrogen and oxygen atoms in total. The van der Waals surface area contributed by atoms with Crippen LogP contribution in [0.2, 0.25) is 0 Å². The third-order valence-corrected chi connectivity index (χ3v) is 4.51. The summed E-state index contributed by atoms with van der Waals surface area (Å²) in [6.07, 6.45) is 6.00. The van der Waals surface area contributed by atoms with Crippen LogP contribution in [-0.2, 0) is 22.6 Å². The van der Waals surface area contributed by atoms with Crippen LogP contribution < -0.4 is 10.6 Å². The molecule has 1 aromatic carbocycles. The number of nitrogens with one attached hydrogen (secondary N) is 2. The highest BCUT2D eigenvalue weighted by Gasteiger charge is 2.15. The Balaban J connectivity index is 0.00000300. The molecule has 3 rings (SSSR count). The van der Waals surface area contributed by atoms with Gasteiger partial charge in [0, 0.05) is 38.7 Å². The summed E-state index contributed by atoms with van der Waals surface area (Å²) in [5.74, 6) is 0.837. The summed E-state index contributed by atoms with van der Waals surface area (Å²) in [6, 6.07) is 10.4. The zero-order valence-corrected chi connectivity index (χ0v) is 19.4. The first-order valence-electron chi connectivity index (χ1n) is 10.1. The smallest absolute Gasteiger partial charge is 0.191 e. The van der Waals surface area contributed by atoms with Crippen LogP contribution in [0, 0.1) is 0 Å². The van der Waals surface area contributed by atoms with E-state index in [2.05, 4.69) is 46.9 Å². The van der Waals surface area contributed by atoms with E-state index in [-0.39, 0.29) is 30.1 Å². The fourth-order valence-corrected chi connectivity index (χ4v) is 3.09. The number of nitrogens with zero attached hydrogens (tertiary/aromatic N) is 3. The second-order valence-corrected chi connectivity index (χ2v) is 6.86.